The minimum atomic E-state index is -0.106. The molecule has 112 valence electrons. The fraction of sp³-hybridized carbons (Fsp3) is 0.562. The Morgan fingerprint density at radius 1 is 1.40 bits per heavy atom. The molecule has 2 rings (SSSR count). The first kappa shape index (κ1) is 17.0. The molecule has 0 saturated carbocycles. The average molecular weight is 297 g/mol. The number of nitrogens with zero attached hydrogens (tertiary/aromatic N) is 1. The second kappa shape index (κ2) is 7.09. The lowest BCUT2D eigenvalue weighted by molar-refractivity contribution is -0.136. The maximum atomic E-state index is 12.5. The minimum Gasteiger partial charge on any atom is -0.335 e. The molecule has 3 atom stereocenters. The third-order valence-electron chi connectivity index (χ3n) is 4.14. The Morgan fingerprint density at radius 3 is 2.70 bits per heavy atom. The summed E-state index contributed by atoms with van der Waals surface area (Å²) < 4.78 is 0. The number of benzene rings is 1. The monoisotopic (exact) mass is 296 g/mol. The lowest BCUT2D eigenvalue weighted by Gasteiger charge is -2.29. The van der Waals surface area contributed by atoms with Crippen molar-refractivity contribution in [2.75, 3.05) is 6.54 Å². The van der Waals surface area contributed by atoms with Crippen molar-refractivity contribution in [3.05, 3.63) is 35.4 Å². The SMILES string of the molecule is Cc1cccc(C2CCCN2C(=O)C(C)C(C)N)c1.Cl. The Hall–Kier alpha value is -1.06. The van der Waals surface area contributed by atoms with E-state index in [-0.39, 0.29) is 36.3 Å². The fourth-order valence-electron chi connectivity index (χ4n) is 2.74. The van der Waals surface area contributed by atoms with Gasteiger partial charge in [-0.15, -0.1) is 12.4 Å². The van der Waals surface area contributed by atoms with E-state index in [1.165, 1.54) is 11.1 Å². The van der Waals surface area contributed by atoms with E-state index < -0.39 is 0 Å². The molecular formula is C16H25ClN2O. The molecular weight excluding hydrogens is 272 g/mol. The van der Waals surface area contributed by atoms with Crippen LogP contribution in [0.3, 0.4) is 0 Å². The molecule has 0 bridgehead atoms. The first-order chi connectivity index (χ1) is 9.00. The Labute approximate surface area is 127 Å². The Kier molecular flexibility index (Phi) is 6.03. The van der Waals surface area contributed by atoms with Crippen molar-refractivity contribution in [2.24, 2.45) is 11.7 Å². The zero-order valence-electron chi connectivity index (χ0n) is 12.5. The fourth-order valence-corrected chi connectivity index (χ4v) is 2.74. The molecule has 1 saturated heterocycles. The van der Waals surface area contributed by atoms with E-state index >= 15 is 0 Å². The van der Waals surface area contributed by atoms with Crippen LogP contribution in [0.25, 0.3) is 0 Å². The van der Waals surface area contributed by atoms with Crippen LogP contribution >= 0.6 is 12.4 Å². The van der Waals surface area contributed by atoms with Gasteiger partial charge in [-0.05, 0) is 32.3 Å². The number of amides is 1. The third-order valence-corrected chi connectivity index (χ3v) is 4.14. The summed E-state index contributed by atoms with van der Waals surface area (Å²) in [6.45, 7) is 6.78. The van der Waals surface area contributed by atoms with Gasteiger partial charge in [0.2, 0.25) is 5.91 Å². The van der Waals surface area contributed by atoms with E-state index in [1.54, 1.807) is 0 Å². The lowest BCUT2D eigenvalue weighted by atomic mass is 9.99. The summed E-state index contributed by atoms with van der Waals surface area (Å²) in [7, 11) is 0. The first-order valence-corrected chi connectivity index (χ1v) is 7.13. The second-order valence-electron chi connectivity index (χ2n) is 5.75. The molecule has 0 spiro atoms. The Balaban J connectivity index is 0.00000200. The van der Waals surface area contributed by atoms with Crippen LogP contribution in [-0.2, 0) is 4.79 Å². The summed E-state index contributed by atoms with van der Waals surface area (Å²) in [6, 6.07) is 8.61. The smallest absolute Gasteiger partial charge is 0.227 e. The maximum Gasteiger partial charge on any atom is 0.227 e. The van der Waals surface area contributed by atoms with Crippen LogP contribution in [0.5, 0.6) is 0 Å². The summed E-state index contributed by atoms with van der Waals surface area (Å²) in [5.41, 5.74) is 8.36. The van der Waals surface area contributed by atoms with Gasteiger partial charge in [-0.2, -0.15) is 0 Å². The number of carbonyl (C=O) groups excluding carboxylic acids is 1. The zero-order chi connectivity index (χ0) is 14.0. The number of nitrogens with two attached hydrogens (primary N) is 1. The number of rotatable bonds is 3. The van der Waals surface area contributed by atoms with Crippen molar-refractivity contribution < 1.29 is 4.79 Å². The van der Waals surface area contributed by atoms with Gasteiger partial charge in [0.1, 0.15) is 0 Å². The van der Waals surface area contributed by atoms with Crippen molar-refractivity contribution >= 4 is 18.3 Å². The number of halogens is 1. The van der Waals surface area contributed by atoms with E-state index in [4.69, 9.17) is 5.73 Å². The van der Waals surface area contributed by atoms with Gasteiger partial charge in [0.05, 0.1) is 12.0 Å². The molecule has 20 heavy (non-hydrogen) atoms. The van der Waals surface area contributed by atoms with E-state index in [1.807, 2.05) is 18.7 Å². The summed E-state index contributed by atoms with van der Waals surface area (Å²) in [6.07, 6.45) is 2.14. The number of hydrogen-bond acceptors (Lipinski definition) is 2. The van der Waals surface area contributed by atoms with Gasteiger partial charge in [-0.25, -0.2) is 0 Å². The van der Waals surface area contributed by atoms with Gasteiger partial charge in [-0.3, -0.25) is 4.79 Å². The minimum absolute atomic E-state index is 0. The second-order valence-corrected chi connectivity index (χ2v) is 5.75. The van der Waals surface area contributed by atoms with Gasteiger partial charge in [-0.1, -0.05) is 36.8 Å². The van der Waals surface area contributed by atoms with E-state index in [0.717, 1.165) is 19.4 Å². The molecule has 1 amide bonds. The summed E-state index contributed by atoms with van der Waals surface area (Å²) in [4.78, 5) is 14.5. The summed E-state index contributed by atoms with van der Waals surface area (Å²) >= 11 is 0. The van der Waals surface area contributed by atoms with Crippen LogP contribution in [-0.4, -0.2) is 23.4 Å². The van der Waals surface area contributed by atoms with Crippen molar-refractivity contribution in [3.8, 4) is 0 Å². The number of carbonyl (C=O) groups is 1. The molecule has 1 aliphatic heterocycles. The number of aryl methyl sites for hydroxylation is 1. The molecule has 1 heterocycles. The standard InChI is InChI=1S/C16H24N2O.ClH/c1-11-6-4-7-14(10-11)15-8-5-9-18(15)16(19)12(2)13(3)17;/h4,6-7,10,12-13,15H,5,8-9,17H2,1-3H3;1H. The lowest BCUT2D eigenvalue weighted by Crippen LogP contribution is -2.41. The molecule has 2 N–H and O–H groups in total. The molecule has 4 heteroatoms. The van der Waals surface area contributed by atoms with Crippen molar-refractivity contribution in [3.63, 3.8) is 0 Å². The highest BCUT2D eigenvalue weighted by molar-refractivity contribution is 5.85. The highest BCUT2D eigenvalue weighted by Gasteiger charge is 2.33. The van der Waals surface area contributed by atoms with Crippen LogP contribution in [0.15, 0.2) is 24.3 Å². The molecule has 0 aliphatic carbocycles. The van der Waals surface area contributed by atoms with Gasteiger partial charge in [0.25, 0.3) is 0 Å². The van der Waals surface area contributed by atoms with Crippen molar-refractivity contribution in [1.82, 2.24) is 4.90 Å². The average Bonchev–Trinajstić information content (AvgIpc) is 2.86. The topological polar surface area (TPSA) is 46.3 Å². The van der Waals surface area contributed by atoms with Crippen LogP contribution in [0.4, 0.5) is 0 Å². The molecule has 0 aromatic heterocycles. The van der Waals surface area contributed by atoms with Crippen LogP contribution in [0.1, 0.15) is 43.9 Å². The van der Waals surface area contributed by atoms with Crippen LogP contribution < -0.4 is 5.73 Å². The van der Waals surface area contributed by atoms with Crippen LogP contribution in [0.2, 0.25) is 0 Å². The molecule has 1 fully saturated rings. The highest BCUT2D eigenvalue weighted by Crippen LogP contribution is 2.33. The Morgan fingerprint density at radius 2 is 2.10 bits per heavy atom. The number of hydrogen-bond donors (Lipinski definition) is 1. The van der Waals surface area contributed by atoms with E-state index in [9.17, 15) is 4.79 Å². The van der Waals surface area contributed by atoms with Gasteiger partial charge in [0.15, 0.2) is 0 Å². The van der Waals surface area contributed by atoms with Gasteiger partial charge in [0, 0.05) is 12.6 Å². The first-order valence-electron chi connectivity index (χ1n) is 7.13. The third kappa shape index (κ3) is 3.53. The molecule has 3 nitrogen and oxygen atoms in total. The molecule has 3 unspecified atom stereocenters. The normalized spacial score (nSPS) is 21.2. The van der Waals surface area contributed by atoms with Crippen molar-refractivity contribution in [2.45, 2.75) is 45.7 Å². The van der Waals surface area contributed by atoms with Gasteiger partial charge < -0.3 is 10.6 Å². The van der Waals surface area contributed by atoms with E-state index in [0.29, 0.717) is 0 Å². The largest absolute Gasteiger partial charge is 0.335 e. The molecule has 1 aromatic rings. The molecule has 1 aromatic carbocycles. The number of likely N-dealkylation sites (tertiary alicyclic amines) is 1. The van der Waals surface area contributed by atoms with Crippen molar-refractivity contribution in [1.29, 1.82) is 0 Å². The molecule has 0 radical (unpaired) electrons. The summed E-state index contributed by atoms with van der Waals surface area (Å²) in [5.74, 6) is 0.0874. The molecule has 1 aliphatic rings. The highest BCUT2D eigenvalue weighted by atomic mass is 35.5. The van der Waals surface area contributed by atoms with Crippen LogP contribution in [0, 0.1) is 12.8 Å². The quantitative estimate of drug-likeness (QED) is 0.932. The predicted octanol–water partition coefficient (Wildman–Crippen LogP) is 3.06. The van der Waals surface area contributed by atoms with E-state index in [2.05, 4.69) is 31.2 Å². The predicted molar refractivity (Wildman–Crippen MR) is 84.9 cm³/mol. The summed E-state index contributed by atoms with van der Waals surface area (Å²) in [5, 5.41) is 0. The van der Waals surface area contributed by atoms with Gasteiger partial charge >= 0.3 is 0 Å². The maximum absolute atomic E-state index is 12.5. The zero-order valence-corrected chi connectivity index (χ0v) is 13.3. The Bertz CT molecular complexity index is 462.